The molecule has 1 fully saturated rings. The first kappa shape index (κ1) is 16.3. The van der Waals surface area contributed by atoms with E-state index in [-0.39, 0.29) is 11.6 Å². The Morgan fingerprint density at radius 1 is 1.29 bits per heavy atom. The molecule has 1 heterocycles. The molecule has 2 rings (SSSR count). The van der Waals surface area contributed by atoms with Crippen LogP contribution in [0.15, 0.2) is 6.20 Å². The van der Waals surface area contributed by atoms with Gasteiger partial charge in [0.15, 0.2) is 5.75 Å². The molecule has 0 aliphatic heterocycles. The minimum atomic E-state index is -0.328. The number of methoxy groups -OCH3 is 2. The van der Waals surface area contributed by atoms with Crippen molar-refractivity contribution in [3.63, 3.8) is 0 Å². The lowest BCUT2D eigenvalue weighted by atomic mass is 9.68. The van der Waals surface area contributed by atoms with E-state index in [9.17, 15) is 0 Å². The zero-order chi connectivity index (χ0) is 15.7. The molecule has 6 nitrogen and oxygen atoms in total. The van der Waals surface area contributed by atoms with E-state index >= 15 is 0 Å². The molecule has 0 radical (unpaired) electrons. The van der Waals surface area contributed by atoms with Crippen LogP contribution in [0.4, 0.5) is 0 Å². The standard InChI is InChI=1S/C15H28N4O2/c1-14(2)6-8-15(21-5,9-7-14)13(18-16)12-11(20-4)10-17-19(12)3/h10,13,18H,6-9,16H2,1-5H3. The SMILES string of the molecule is COc1cnn(C)c1C(NN)C1(OC)CCC(C)(C)CC1. The molecule has 1 unspecified atom stereocenters. The third kappa shape index (κ3) is 2.93. The normalized spacial score (nSPS) is 22.0. The van der Waals surface area contributed by atoms with Gasteiger partial charge >= 0.3 is 0 Å². The van der Waals surface area contributed by atoms with Crippen LogP contribution in [0, 0.1) is 5.41 Å². The van der Waals surface area contributed by atoms with Gasteiger partial charge in [-0.3, -0.25) is 10.5 Å². The van der Waals surface area contributed by atoms with Gasteiger partial charge in [0, 0.05) is 14.2 Å². The molecule has 0 amide bonds. The maximum Gasteiger partial charge on any atom is 0.161 e. The fraction of sp³-hybridized carbons (Fsp3) is 0.800. The van der Waals surface area contributed by atoms with Crippen LogP contribution in [0.2, 0.25) is 0 Å². The Balaban J connectivity index is 2.36. The Kier molecular flexibility index (Phi) is 4.60. The average molecular weight is 296 g/mol. The zero-order valence-electron chi connectivity index (χ0n) is 13.8. The summed E-state index contributed by atoms with van der Waals surface area (Å²) in [6, 6.07) is -0.152. The molecule has 1 atom stereocenters. The summed E-state index contributed by atoms with van der Waals surface area (Å²) in [5.41, 5.74) is 3.91. The summed E-state index contributed by atoms with van der Waals surface area (Å²) in [7, 11) is 5.32. The van der Waals surface area contributed by atoms with Crippen molar-refractivity contribution in [2.24, 2.45) is 18.3 Å². The fourth-order valence-corrected chi connectivity index (χ4v) is 3.35. The van der Waals surface area contributed by atoms with E-state index < -0.39 is 0 Å². The highest BCUT2D eigenvalue weighted by Gasteiger charge is 2.46. The number of nitrogens with two attached hydrogens (primary N) is 1. The lowest BCUT2D eigenvalue weighted by Crippen LogP contribution is -2.51. The number of aryl methyl sites for hydroxylation is 1. The smallest absolute Gasteiger partial charge is 0.161 e. The van der Waals surface area contributed by atoms with Gasteiger partial charge in [0.25, 0.3) is 0 Å². The predicted octanol–water partition coefficient (Wildman–Crippen LogP) is 1.92. The zero-order valence-corrected chi connectivity index (χ0v) is 13.8. The Morgan fingerprint density at radius 3 is 2.38 bits per heavy atom. The van der Waals surface area contributed by atoms with Crippen molar-refractivity contribution in [2.45, 2.75) is 51.2 Å². The number of aromatic nitrogens is 2. The molecule has 0 bridgehead atoms. The quantitative estimate of drug-likeness (QED) is 0.641. The van der Waals surface area contributed by atoms with Gasteiger partial charge in [-0.05, 0) is 31.1 Å². The summed E-state index contributed by atoms with van der Waals surface area (Å²) >= 11 is 0. The first-order chi connectivity index (χ1) is 9.89. The van der Waals surface area contributed by atoms with E-state index in [0.29, 0.717) is 5.41 Å². The summed E-state index contributed by atoms with van der Waals surface area (Å²) in [5.74, 6) is 6.63. The minimum Gasteiger partial charge on any atom is -0.493 e. The third-order valence-corrected chi connectivity index (χ3v) is 4.99. The maximum absolute atomic E-state index is 5.96. The summed E-state index contributed by atoms with van der Waals surface area (Å²) in [6.45, 7) is 4.62. The number of hydrazine groups is 1. The number of nitrogens with zero attached hydrogens (tertiary/aromatic N) is 2. The second-order valence-electron chi connectivity index (χ2n) is 6.75. The number of rotatable bonds is 5. The lowest BCUT2D eigenvalue weighted by molar-refractivity contribution is -0.0896. The van der Waals surface area contributed by atoms with E-state index in [1.165, 1.54) is 0 Å². The highest BCUT2D eigenvalue weighted by Crippen LogP contribution is 2.48. The number of nitrogens with one attached hydrogen (secondary N) is 1. The largest absolute Gasteiger partial charge is 0.493 e. The second kappa shape index (κ2) is 5.94. The molecular weight excluding hydrogens is 268 g/mol. The van der Waals surface area contributed by atoms with Crippen molar-refractivity contribution in [1.29, 1.82) is 0 Å². The Hall–Kier alpha value is -1.11. The molecule has 0 aromatic carbocycles. The predicted molar refractivity (Wildman–Crippen MR) is 81.8 cm³/mol. The number of hydrogen-bond donors (Lipinski definition) is 2. The van der Waals surface area contributed by atoms with Crippen LogP contribution in [-0.2, 0) is 11.8 Å². The number of hydrogen-bond acceptors (Lipinski definition) is 5. The Morgan fingerprint density at radius 2 is 1.90 bits per heavy atom. The van der Waals surface area contributed by atoms with Crippen molar-refractivity contribution in [2.75, 3.05) is 14.2 Å². The molecule has 3 N–H and O–H groups in total. The van der Waals surface area contributed by atoms with E-state index in [4.69, 9.17) is 15.3 Å². The van der Waals surface area contributed by atoms with Crippen molar-refractivity contribution >= 4 is 0 Å². The first-order valence-electron chi connectivity index (χ1n) is 7.46. The molecule has 1 aromatic heterocycles. The van der Waals surface area contributed by atoms with Crippen molar-refractivity contribution < 1.29 is 9.47 Å². The van der Waals surface area contributed by atoms with Gasteiger partial charge in [-0.2, -0.15) is 5.10 Å². The van der Waals surface area contributed by atoms with Crippen LogP contribution >= 0.6 is 0 Å². The molecule has 1 saturated carbocycles. The second-order valence-corrected chi connectivity index (χ2v) is 6.75. The summed E-state index contributed by atoms with van der Waals surface area (Å²) in [6.07, 6.45) is 5.85. The first-order valence-corrected chi connectivity index (χ1v) is 7.46. The van der Waals surface area contributed by atoms with Crippen LogP contribution in [-0.4, -0.2) is 29.6 Å². The third-order valence-electron chi connectivity index (χ3n) is 4.99. The van der Waals surface area contributed by atoms with Crippen LogP contribution in [0.3, 0.4) is 0 Å². The van der Waals surface area contributed by atoms with Crippen molar-refractivity contribution in [1.82, 2.24) is 15.2 Å². The van der Waals surface area contributed by atoms with E-state index in [0.717, 1.165) is 37.1 Å². The Bertz CT molecular complexity index is 474. The molecule has 1 aliphatic rings. The molecule has 0 saturated heterocycles. The topological polar surface area (TPSA) is 74.3 Å². The van der Waals surface area contributed by atoms with Gasteiger partial charge in [0.2, 0.25) is 0 Å². The van der Waals surface area contributed by atoms with Crippen LogP contribution in [0.1, 0.15) is 51.3 Å². The molecular formula is C15H28N4O2. The van der Waals surface area contributed by atoms with Gasteiger partial charge in [-0.15, -0.1) is 0 Å². The average Bonchev–Trinajstić information content (AvgIpc) is 2.83. The van der Waals surface area contributed by atoms with Crippen LogP contribution in [0.5, 0.6) is 5.75 Å². The maximum atomic E-state index is 5.96. The molecule has 1 aliphatic carbocycles. The summed E-state index contributed by atoms with van der Waals surface area (Å²) < 4.78 is 13.2. The molecule has 6 heteroatoms. The Labute approximate surface area is 126 Å². The van der Waals surface area contributed by atoms with Gasteiger partial charge < -0.3 is 9.47 Å². The van der Waals surface area contributed by atoms with Gasteiger partial charge in [0.05, 0.1) is 24.9 Å². The summed E-state index contributed by atoms with van der Waals surface area (Å²) in [4.78, 5) is 0. The molecule has 21 heavy (non-hydrogen) atoms. The lowest BCUT2D eigenvalue weighted by Gasteiger charge is -2.46. The minimum absolute atomic E-state index is 0.152. The molecule has 0 spiro atoms. The van der Waals surface area contributed by atoms with E-state index in [1.54, 1.807) is 20.4 Å². The monoisotopic (exact) mass is 296 g/mol. The van der Waals surface area contributed by atoms with Gasteiger partial charge in [-0.1, -0.05) is 13.8 Å². The number of ether oxygens (including phenoxy) is 2. The fourth-order valence-electron chi connectivity index (χ4n) is 3.35. The van der Waals surface area contributed by atoms with Gasteiger partial charge in [0.1, 0.15) is 5.69 Å². The summed E-state index contributed by atoms with van der Waals surface area (Å²) in [5, 5.41) is 4.29. The van der Waals surface area contributed by atoms with Crippen molar-refractivity contribution in [3.8, 4) is 5.75 Å². The van der Waals surface area contributed by atoms with E-state index in [2.05, 4.69) is 24.4 Å². The molecule has 120 valence electrons. The van der Waals surface area contributed by atoms with Gasteiger partial charge in [-0.25, -0.2) is 5.43 Å². The highest BCUT2D eigenvalue weighted by atomic mass is 16.5. The van der Waals surface area contributed by atoms with Crippen molar-refractivity contribution in [3.05, 3.63) is 11.9 Å². The molecule has 1 aromatic rings. The highest BCUT2D eigenvalue weighted by molar-refractivity contribution is 5.30. The van der Waals surface area contributed by atoms with Crippen LogP contribution in [0.25, 0.3) is 0 Å². The van der Waals surface area contributed by atoms with E-state index in [1.807, 2.05) is 11.7 Å². The van der Waals surface area contributed by atoms with Crippen LogP contribution < -0.4 is 16.0 Å².